The number of benzene rings is 2. The largest absolute Gasteiger partial charge is 0.504 e. The lowest BCUT2D eigenvalue weighted by Crippen LogP contribution is -2.61. The molecule has 0 amide bonds. The summed E-state index contributed by atoms with van der Waals surface area (Å²) in [6, 6.07) is 9.85. The normalized spacial score (nSPS) is 31.0. The minimum Gasteiger partial charge on any atom is -0.504 e. The van der Waals surface area contributed by atoms with Gasteiger partial charge in [0.1, 0.15) is 24.4 Å². The van der Waals surface area contributed by atoms with Crippen LogP contribution in [-0.2, 0) is 31.9 Å². The molecule has 0 saturated carbocycles. The van der Waals surface area contributed by atoms with Crippen molar-refractivity contribution in [2.45, 2.75) is 88.4 Å². The van der Waals surface area contributed by atoms with Crippen LogP contribution in [0, 0.1) is 11.8 Å². The number of ether oxygens (including phenoxy) is 5. The Bertz CT molecular complexity index is 1370. The van der Waals surface area contributed by atoms with Crippen LogP contribution in [0.4, 0.5) is 0 Å². The molecular formula is C31H40O15. The average molecular weight is 653 g/mol. The molecule has 2 heterocycles. The van der Waals surface area contributed by atoms with Crippen LogP contribution in [0.2, 0.25) is 0 Å². The zero-order chi connectivity index (χ0) is 33.9. The Morgan fingerprint density at radius 2 is 1.33 bits per heavy atom. The van der Waals surface area contributed by atoms with Gasteiger partial charge in [-0.2, -0.15) is 0 Å². The number of phenolic OH excluding ortho intramolecular Hbond substituents is 1. The molecule has 0 spiro atoms. The van der Waals surface area contributed by atoms with Crippen LogP contribution < -0.4 is 14.2 Å². The predicted molar refractivity (Wildman–Crippen MR) is 155 cm³/mol. The molecule has 0 radical (unpaired) electrons. The van der Waals surface area contributed by atoms with Gasteiger partial charge in [0.15, 0.2) is 35.2 Å². The number of aliphatic hydroxyl groups excluding tert-OH is 5. The Morgan fingerprint density at radius 3 is 1.91 bits per heavy atom. The van der Waals surface area contributed by atoms with E-state index < -0.39 is 67.2 Å². The van der Waals surface area contributed by atoms with Gasteiger partial charge in [-0.1, -0.05) is 26.0 Å². The molecule has 2 aliphatic heterocycles. The lowest BCUT2D eigenvalue weighted by Gasteiger charge is -2.39. The molecule has 11 unspecified atom stereocenters. The van der Waals surface area contributed by atoms with E-state index in [9.17, 15) is 50.4 Å². The van der Waals surface area contributed by atoms with Crippen LogP contribution in [0.15, 0.2) is 36.4 Å². The van der Waals surface area contributed by atoms with Crippen LogP contribution in [0.3, 0.4) is 0 Å². The number of hydrogen-bond donors (Lipinski definition) is 8. The fraction of sp³-hybridized carbons (Fsp3) is 0.548. The molecule has 4 rings (SSSR count). The third-order valence-electron chi connectivity index (χ3n) is 8.33. The third kappa shape index (κ3) is 7.98. The second-order valence-corrected chi connectivity index (χ2v) is 11.7. The lowest BCUT2D eigenvalue weighted by atomic mass is 9.85. The Hall–Kier alpha value is -3.70. The molecule has 254 valence electrons. The second-order valence-electron chi connectivity index (χ2n) is 11.7. The number of carboxylic acids is 2. The van der Waals surface area contributed by atoms with Crippen molar-refractivity contribution in [3.05, 3.63) is 47.5 Å². The molecule has 2 aromatic carbocycles. The Kier molecular flexibility index (Phi) is 11.3. The van der Waals surface area contributed by atoms with Gasteiger partial charge >= 0.3 is 11.9 Å². The molecule has 0 aromatic heterocycles. The van der Waals surface area contributed by atoms with E-state index in [1.807, 2.05) is 13.0 Å². The smallest absolute Gasteiger partial charge is 0.335 e. The van der Waals surface area contributed by atoms with E-state index in [-0.39, 0.29) is 35.5 Å². The fourth-order valence-corrected chi connectivity index (χ4v) is 5.40. The van der Waals surface area contributed by atoms with Crippen LogP contribution >= 0.6 is 0 Å². The SMILES string of the molecule is COc1cc(CC(C)C(C)Cc2ccc(OC3CC(O)C(O)C(C(=O)O)O3)c(OC3OC(C(=O)O)C(O)C(O)C3O)c2)ccc1O. The maximum atomic E-state index is 11.6. The van der Waals surface area contributed by atoms with E-state index in [0.717, 1.165) is 5.56 Å². The van der Waals surface area contributed by atoms with Gasteiger partial charge in [0.25, 0.3) is 0 Å². The number of hydrogen-bond acceptors (Lipinski definition) is 13. The van der Waals surface area contributed by atoms with Crippen LogP contribution in [0.1, 0.15) is 31.4 Å². The van der Waals surface area contributed by atoms with Gasteiger partial charge in [-0.25, -0.2) is 9.59 Å². The van der Waals surface area contributed by atoms with E-state index >= 15 is 0 Å². The summed E-state index contributed by atoms with van der Waals surface area (Å²) in [5.74, 6) is -2.67. The molecule has 15 nitrogen and oxygen atoms in total. The summed E-state index contributed by atoms with van der Waals surface area (Å²) in [6.07, 6.45) is -14.9. The van der Waals surface area contributed by atoms with Crippen LogP contribution in [-0.4, -0.2) is 115 Å². The van der Waals surface area contributed by atoms with Gasteiger partial charge in [-0.15, -0.1) is 0 Å². The zero-order valence-electron chi connectivity index (χ0n) is 25.4. The number of carboxylic acid groups (broad SMARTS) is 2. The van der Waals surface area contributed by atoms with E-state index in [1.54, 1.807) is 18.2 Å². The predicted octanol–water partition coefficient (Wildman–Crippen LogP) is 0.0294. The topological polar surface area (TPSA) is 242 Å². The van der Waals surface area contributed by atoms with Crippen molar-refractivity contribution in [1.82, 2.24) is 0 Å². The maximum absolute atomic E-state index is 11.6. The van der Waals surface area contributed by atoms with Gasteiger partial charge in [0.2, 0.25) is 12.6 Å². The van der Waals surface area contributed by atoms with Crippen molar-refractivity contribution in [3.8, 4) is 23.0 Å². The van der Waals surface area contributed by atoms with Crippen LogP contribution in [0.5, 0.6) is 23.0 Å². The summed E-state index contributed by atoms with van der Waals surface area (Å²) in [4.78, 5) is 23.2. The Morgan fingerprint density at radius 1 is 0.761 bits per heavy atom. The van der Waals surface area contributed by atoms with Crippen molar-refractivity contribution >= 4 is 11.9 Å². The summed E-state index contributed by atoms with van der Waals surface area (Å²) in [6.45, 7) is 4.09. The van der Waals surface area contributed by atoms with Crippen molar-refractivity contribution in [1.29, 1.82) is 0 Å². The van der Waals surface area contributed by atoms with E-state index in [4.69, 9.17) is 23.7 Å². The quantitative estimate of drug-likeness (QED) is 0.151. The average Bonchev–Trinajstić information content (AvgIpc) is 3.00. The third-order valence-corrected chi connectivity index (χ3v) is 8.33. The first-order valence-corrected chi connectivity index (χ1v) is 14.7. The molecule has 2 fully saturated rings. The van der Waals surface area contributed by atoms with Gasteiger partial charge in [0.05, 0.1) is 13.2 Å². The minimum atomic E-state index is -1.94. The number of aliphatic carboxylic acids is 2. The van der Waals surface area contributed by atoms with E-state index in [0.29, 0.717) is 24.2 Å². The molecule has 2 saturated heterocycles. The zero-order valence-corrected chi connectivity index (χ0v) is 25.4. The lowest BCUT2D eigenvalue weighted by molar-refractivity contribution is -0.271. The minimum absolute atomic E-state index is 0.0355. The highest BCUT2D eigenvalue weighted by Crippen LogP contribution is 2.36. The molecule has 0 aliphatic carbocycles. The summed E-state index contributed by atoms with van der Waals surface area (Å²) in [5, 5.41) is 79.9. The summed E-state index contributed by atoms with van der Waals surface area (Å²) in [5.41, 5.74) is 1.67. The highest BCUT2D eigenvalue weighted by atomic mass is 16.7. The van der Waals surface area contributed by atoms with Crippen molar-refractivity contribution in [2.24, 2.45) is 11.8 Å². The molecule has 2 aromatic rings. The molecule has 15 heteroatoms. The van der Waals surface area contributed by atoms with Gasteiger partial charge < -0.3 is 64.5 Å². The maximum Gasteiger partial charge on any atom is 0.335 e. The first-order valence-electron chi connectivity index (χ1n) is 14.7. The summed E-state index contributed by atoms with van der Waals surface area (Å²) < 4.78 is 27.5. The number of phenols is 1. The molecule has 11 atom stereocenters. The molecule has 46 heavy (non-hydrogen) atoms. The number of methoxy groups -OCH3 is 1. The van der Waals surface area contributed by atoms with Crippen LogP contribution in [0.25, 0.3) is 0 Å². The van der Waals surface area contributed by atoms with Gasteiger partial charge in [-0.05, 0) is 60.1 Å². The number of aromatic hydroxyl groups is 1. The van der Waals surface area contributed by atoms with E-state index in [2.05, 4.69) is 6.92 Å². The monoisotopic (exact) mass is 652 g/mol. The van der Waals surface area contributed by atoms with Crippen molar-refractivity contribution in [3.63, 3.8) is 0 Å². The van der Waals surface area contributed by atoms with E-state index in [1.165, 1.54) is 19.2 Å². The Balaban J connectivity index is 1.58. The van der Waals surface area contributed by atoms with Crippen molar-refractivity contribution in [2.75, 3.05) is 7.11 Å². The van der Waals surface area contributed by atoms with Gasteiger partial charge in [-0.3, -0.25) is 0 Å². The first-order chi connectivity index (χ1) is 21.7. The fourth-order valence-electron chi connectivity index (χ4n) is 5.40. The van der Waals surface area contributed by atoms with Crippen molar-refractivity contribution < 1.29 is 74.1 Å². The second kappa shape index (κ2) is 14.8. The van der Waals surface area contributed by atoms with Gasteiger partial charge in [0, 0.05) is 6.42 Å². The molecule has 2 aliphatic rings. The number of rotatable bonds is 12. The number of carbonyl (C=O) groups is 2. The standard InChI is InChI=1S/C31H40O15/c1-13(8-15-4-6-17(32)20(10-15)42-3)14(2)9-16-5-7-19(43-22-12-18(33)23(34)27(45-22)29(38)39)21(11-16)44-31-26(37)24(35)25(36)28(46-31)30(40)41/h4-7,10-11,13-14,18,22-28,31-37H,8-9,12H2,1-3H3,(H,38,39)(H,40,41). The first kappa shape index (κ1) is 35.2. The Labute approximate surface area is 264 Å². The highest BCUT2D eigenvalue weighted by molar-refractivity contribution is 5.73. The molecular weight excluding hydrogens is 612 g/mol. The molecule has 0 bridgehead atoms. The molecule has 8 N–H and O–H groups in total. The highest BCUT2D eigenvalue weighted by Gasteiger charge is 2.48. The summed E-state index contributed by atoms with van der Waals surface area (Å²) >= 11 is 0. The summed E-state index contributed by atoms with van der Waals surface area (Å²) in [7, 11) is 1.47. The number of aliphatic hydroxyl groups is 5.